The van der Waals surface area contributed by atoms with Crippen LogP contribution in [0.25, 0.3) is 0 Å². The first-order valence-corrected chi connectivity index (χ1v) is 7.15. The molecule has 0 N–H and O–H groups in total. The molecule has 18 heavy (non-hydrogen) atoms. The molecule has 6 atom stereocenters. The van der Waals surface area contributed by atoms with Crippen LogP contribution in [0.5, 0.6) is 0 Å². The molecule has 0 aliphatic heterocycles. The number of carbonyl (C=O) groups excluding carboxylic acids is 1. The number of carbonyl (C=O) groups is 1. The summed E-state index contributed by atoms with van der Waals surface area (Å²) in [5.74, 6) is 4.80. The van der Waals surface area contributed by atoms with E-state index in [1.807, 2.05) is 6.07 Å². The third kappa shape index (κ3) is 0.878. The van der Waals surface area contributed by atoms with E-state index < -0.39 is 0 Å². The van der Waals surface area contributed by atoms with Crippen LogP contribution >= 0.6 is 0 Å². The number of hydrogen-bond donors (Lipinski definition) is 0. The summed E-state index contributed by atoms with van der Waals surface area (Å²) < 4.78 is 0. The summed E-state index contributed by atoms with van der Waals surface area (Å²) in [6, 6.07) is 6.35. The molecular weight excluding hydrogens is 220 g/mol. The van der Waals surface area contributed by atoms with Gasteiger partial charge in [-0.05, 0) is 59.5 Å². The molecule has 0 amide bonds. The van der Waals surface area contributed by atoms with E-state index in [9.17, 15) is 4.79 Å². The first-order chi connectivity index (χ1) is 8.88. The Hall–Kier alpha value is -1.37. The van der Waals surface area contributed by atoms with E-state index in [1.165, 1.54) is 24.0 Å². The minimum atomic E-state index is 0.677. The standard InChI is InChI=1S/C17H16O/c18-8-11-2-1-3-12-13-7-14(15(11)12)17-10-5-4-9(6-10)16(13)17/h1-5,8-10,13-14,16-17H,6-7H2. The second-order valence-electron chi connectivity index (χ2n) is 6.52. The maximum absolute atomic E-state index is 11.3. The summed E-state index contributed by atoms with van der Waals surface area (Å²) in [5.41, 5.74) is 3.89. The fourth-order valence-electron chi connectivity index (χ4n) is 5.72. The van der Waals surface area contributed by atoms with Gasteiger partial charge in [-0.15, -0.1) is 0 Å². The van der Waals surface area contributed by atoms with E-state index in [1.54, 1.807) is 0 Å². The van der Waals surface area contributed by atoms with Crippen molar-refractivity contribution in [3.8, 4) is 0 Å². The molecule has 6 unspecified atom stereocenters. The number of aldehydes is 1. The van der Waals surface area contributed by atoms with Crippen molar-refractivity contribution in [3.05, 3.63) is 47.0 Å². The lowest BCUT2D eigenvalue weighted by molar-refractivity contribution is 0.112. The number of rotatable bonds is 1. The molecule has 1 aromatic rings. The monoisotopic (exact) mass is 236 g/mol. The summed E-state index contributed by atoms with van der Waals surface area (Å²) in [5, 5.41) is 0. The van der Waals surface area contributed by atoms with Crippen molar-refractivity contribution in [2.75, 3.05) is 0 Å². The lowest BCUT2D eigenvalue weighted by Crippen LogP contribution is -2.25. The topological polar surface area (TPSA) is 17.1 Å². The number of fused-ring (bicyclic) bond motifs is 12. The third-order valence-electron chi connectivity index (χ3n) is 6.09. The van der Waals surface area contributed by atoms with Crippen LogP contribution in [0.3, 0.4) is 0 Å². The molecule has 0 radical (unpaired) electrons. The summed E-state index contributed by atoms with van der Waals surface area (Å²) in [7, 11) is 0. The van der Waals surface area contributed by atoms with Gasteiger partial charge < -0.3 is 0 Å². The second-order valence-corrected chi connectivity index (χ2v) is 6.52. The molecule has 1 aromatic carbocycles. The van der Waals surface area contributed by atoms with Crippen molar-refractivity contribution in [3.63, 3.8) is 0 Å². The normalized spacial score (nSPS) is 45.3. The molecule has 0 saturated heterocycles. The average molecular weight is 236 g/mol. The van der Waals surface area contributed by atoms with Gasteiger partial charge in [0.2, 0.25) is 0 Å². The highest BCUT2D eigenvalue weighted by Crippen LogP contribution is 2.69. The highest BCUT2D eigenvalue weighted by Gasteiger charge is 2.60. The van der Waals surface area contributed by atoms with Gasteiger partial charge in [-0.2, -0.15) is 0 Å². The van der Waals surface area contributed by atoms with E-state index >= 15 is 0 Å². The van der Waals surface area contributed by atoms with Crippen LogP contribution in [0, 0.1) is 23.7 Å². The van der Waals surface area contributed by atoms with E-state index in [-0.39, 0.29) is 0 Å². The molecule has 90 valence electrons. The first-order valence-electron chi connectivity index (χ1n) is 7.15. The van der Waals surface area contributed by atoms with Crippen LogP contribution in [-0.4, -0.2) is 6.29 Å². The molecule has 0 heterocycles. The van der Waals surface area contributed by atoms with Gasteiger partial charge in [-0.1, -0.05) is 30.4 Å². The van der Waals surface area contributed by atoms with Crippen molar-refractivity contribution >= 4 is 6.29 Å². The van der Waals surface area contributed by atoms with E-state index in [4.69, 9.17) is 0 Å². The fourth-order valence-corrected chi connectivity index (χ4v) is 5.72. The van der Waals surface area contributed by atoms with Gasteiger partial charge in [-0.3, -0.25) is 4.79 Å². The number of benzene rings is 1. The summed E-state index contributed by atoms with van der Waals surface area (Å²) in [6.07, 6.45) is 8.68. The summed E-state index contributed by atoms with van der Waals surface area (Å²) in [6.45, 7) is 0. The predicted molar refractivity (Wildman–Crippen MR) is 69.6 cm³/mol. The lowest BCUT2D eigenvalue weighted by Gasteiger charge is -2.34. The van der Waals surface area contributed by atoms with Gasteiger partial charge in [0, 0.05) is 5.56 Å². The largest absolute Gasteiger partial charge is 0.298 e. The smallest absolute Gasteiger partial charge is 0.150 e. The van der Waals surface area contributed by atoms with Gasteiger partial charge >= 0.3 is 0 Å². The molecule has 1 nitrogen and oxygen atoms in total. The molecular formula is C17H16O. The highest BCUT2D eigenvalue weighted by atomic mass is 16.1. The Morgan fingerprint density at radius 1 is 1.00 bits per heavy atom. The Morgan fingerprint density at radius 3 is 2.56 bits per heavy atom. The zero-order chi connectivity index (χ0) is 11.9. The van der Waals surface area contributed by atoms with Crippen LogP contribution < -0.4 is 0 Å². The maximum Gasteiger partial charge on any atom is 0.150 e. The molecule has 4 aliphatic carbocycles. The first kappa shape index (κ1) is 9.55. The second kappa shape index (κ2) is 2.96. The van der Waals surface area contributed by atoms with Gasteiger partial charge in [0.05, 0.1) is 0 Å². The Balaban J connectivity index is 1.73. The SMILES string of the molecule is O=Cc1cccc2c1C1CC2C2C3C=CC(C3)C12. The highest BCUT2D eigenvalue weighted by molar-refractivity contribution is 5.79. The van der Waals surface area contributed by atoms with E-state index in [0.29, 0.717) is 5.92 Å². The molecule has 1 heteroatoms. The van der Waals surface area contributed by atoms with Crippen molar-refractivity contribution in [1.82, 2.24) is 0 Å². The lowest BCUT2D eigenvalue weighted by atomic mass is 9.70. The van der Waals surface area contributed by atoms with Gasteiger partial charge in [0.1, 0.15) is 6.29 Å². The van der Waals surface area contributed by atoms with E-state index in [2.05, 4.69) is 24.3 Å². The third-order valence-corrected chi connectivity index (χ3v) is 6.09. The Labute approximate surface area is 107 Å². The minimum Gasteiger partial charge on any atom is -0.298 e. The van der Waals surface area contributed by atoms with Gasteiger partial charge in [0.25, 0.3) is 0 Å². The molecule has 5 rings (SSSR count). The molecule has 0 spiro atoms. The Morgan fingerprint density at radius 2 is 1.78 bits per heavy atom. The minimum absolute atomic E-state index is 0.677. The maximum atomic E-state index is 11.3. The summed E-state index contributed by atoms with van der Waals surface area (Å²) >= 11 is 0. The molecule has 2 saturated carbocycles. The zero-order valence-electron chi connectivity index (χ0n) is 10.3. The number of allylic oxidation sites excluding steroid dienone is 2. The quantitative estimate of drug-likeness (QED) is 0.414. The predicted octanol–water partition coefficient (Wildman–Crippen LogP) is 3.52. The average Bonchev–Trinajstić information content (AvgIpc) is 3.14. The zero-order valence-corrected chi connectivity index (χ0v) is 10.3. The van der Waals surface area contributed by atoms with Crippen LogP contribution in [0.4, 0.5) is 0 Å². The Kier molecular flexibility index (Phi) is 1.57. The van der Waals surface area contributed by atoms with Crippen LogP contribution in [0.1, 0.15) is 46.2 Å². The molecule has 0 aromatic heterocycles. The summed E-state index contributed by atoms with van der Waals surface area (Å²) in [4.78, 5) is 11.3. The van der Waals surface area contributed by atoms with E-state index in [0.717, 1.165) is 41.4 Å². The van der Waals surface area contributed by atoms with Crippen LogP contribution in [-0.2, 0) is 0 Å². The van der Waals surface area contributed by atoms with Gasteiger partial charge in [0.15, 0.2) is 0 Å². The molecule has 4 bridgehead atoms. The molecule has 4 aliphatic rings. The van der Waals surface area contributed by atoms with Crippen LogP contribution in [0.15, 0.2) is 30.4 Å². The van der Waals surface area contributed by atoms with Crippen LogP contribution in [0.2, 0.25) is 0 Å². The molecule has 2 fully saturated rings. The van der Waals surface area contributed by atoms with Crippen molar-refractivity contribution in [2.45, 2.75) is 24.7 Å². The Bertz CT molecular complexity index is 585. The number of hydrogen-bond acceptors (Lipinski definition) is 1. The van der Waals surface area contributed by atoms with Crippen molar-refractivity contribution < 1.29 is 4.79 Å². The van der Waals surface area contributed by atoms with Gasteiger partial charge in [-0.25, -0.2) is 0 Å². The van der Waals surface area contributed by atoms with Crippen molar-refractivity contribution in [2.24, 2.45) is 23.7 Å². The van der Waals surface area contributed by atoms with Crippen molar-refractivity contribution in [1.29, 1.82) is 0 Å². The fraction of sp³-hybridized carbons (Fsp3) is 0.471.